The summed E-state index contributed by atoms with van der Waals surface area (Å²) in [5.74, 6) is 3.19. The summed E-state index contributed by atoms with van der Waals surface area (Å²) in [6, 6.07) is 15.6. The summed E-state index contributed by atoms with van der Waals surface area (Å²) in [6.07, 6.45) is 0. The first kappa shape index (κ1) is 20.8. The molecule has 1 atom stereocenters. The Kier molecular flexibility index (Phi) is 8.64. The summed E-state index contributed by atoms with van der Waals surface area (Å²) in [6.45, 7) is 1.18. The number of nitrogens with zero attached hydrogens (tertiary/aromatic N) is 1. The topological polar surface area (TPSA) is 72.0 Å². The largest absolute Gasteiger partial charge is 0.493 e. The third-order valence-corrected chi connectivity index (χ3v) is 5.24. The fourth-order valence-electron chi connectivity index (χ4n) is 2.51. The van der Waals surface area contributed by atoms with Gasteiger partial charge in [0.1, 0.15) is 0 Å². The van der Waals surface area contributed by atoms with Crippen LogP contribution < -0.4 is 20.1 Å². The number of benzene rings is 2. The summed E-state index contributed by atoms with van der Waals surface area (Å²) in [4.78, 5) is 4.20. The lowest BCUT2D eigenvalue weighted by molar-refractivity contribution is 0.354. The maximum atomic E-state index is 12.2. The Hall–Kier alpha value is -2.54. The fourth-order valence-corrected chi connectivity index (χ4v) is 3.55. The molecule has 0 aliphatic carbocycles. The van der Waals surface area contributed by atoms with Gasteiger partial charge >= 0.3 is 0 Å². The standard InChI is InChI=1S/C20H27N3O3S/c1-21-20(22-11-12-27(24)15-16-7-5-4-6-8-16)23-14-17-9-10-18(25-2)19(13-17)26-3/h4-10,13H,11-12,14-15H2,1-3H3,(H2,21,22,23). The molecule has 1 unspecified atom stereocenters. The van der Waals surface area contributed by atoms with Crippen LogP contribution in [-0.4, -0.2) is 43.7 Å². The van der Waals surface area contributed by atoms with Gasteiger partial charge in [-0.3, -0.25) is 9.20 Å². The van der Waals surface area contributed by atoms with Gasteiger partial charge in [0.15, 0.2) is 17.5 Å². The number of aliphatic imine (C=N–C) groups is 1. The van der Waals surface area contributed by atoms with Crippen molar-refractivity contribution in [2.24, 2.45) is 4.99 Å². The molecule has 0 fully saturated rings. The van der Waals surface area contributed by atoms with Crippen LogP contribution in [-0.2, 0) is 23.1 Å². The number of nitrogens with one attached hydrogen (secondary N) is 2. The van der Waals surface area contributed by atoms with E-state index < -0.39 is 10.8 Å². The summed E-state index contributed by atoms with van der Waals surface area (Å²) in [5, 5.41) is 6.44. The molecule has 0 bridgehead atoms. The molecule has 27 heavy (non-hydrogen) atoms. The molecule has 0 aromatic heterocycles. The number of rotatable bonds is 9. The highest BCUT2D eigenvalue weighted by molar-refractivity contribution is 7.84. The van der Waals surface area contributed by atoms with E-state index in [1.54, 1.807) is 21.3 Å². The van der Waals surface area contributed by atoms with E-state index in [0.717, 1.165) is 11.1 Å². The molecular formula is C20H27N3O3S. The second kappa shape index (κ2) is 11.2. The third kappa shape index (κ3) is 6.94. The van der Waals surface area contributed by atoms with Crippen molar-refractivity contribution in [3.8, 4) is 11.5 Å². The number of guanidine groups is 1. The Morgan fingerprint density at radius 3 is 2.41 bits per heavy atom. The fraction of sp³-hybridized carbons (Fsp3) is 0.350. The Morgan fingerprint density at radius 2 is 1.74 bits per heavy atom. The second-order valence-electron chi connectivity index (χ2n) is 5.82. The average molecular weight is 390 g/mol. The summed E-state index contributed by atoms with van der Waals surface area (Å²) in [5.41, 5.74) is 2.13. The van der Waals surface area contributed by atoms with Crippen molar-refractivity contribution in [2.75, 3.05) is 33.6 Å². The van der Waals surface area contributed by atoms with Gasteiger partial charge in [-0.15, -0.1) is 0 Å². The second-order valence-corrected chi connectivity index (χ2v) is 7.39. The molecule has 0 saturated heterocycles. The van der Waals surface area contributed by atoms with Crippen LogP contribution in [0.4, 0.5) is 0 Å². The van der Waals surface area contributed by atoms with Crippen LogP contribution in [0.5, 0.6) is 11.5 Å². The molecule has 2 rings (SSSR count). The third-order valence-electron chi connectivity index (χ3n) is 3.92. The first-order valence-electron chi connectivity index (χ1n) is 8.70. The van der Waals surface area contributed by atoms with Gasteiger partial charge in [-0.1, -0.05) is 36.4 Å². The molecule has 0 radical (unpaired) electrons. The lowest BCUT2D eigenvalue weighted by atomic mass is 10.2. The van der Waals surface area contributed by atoms with Gasteiger partial charge in [-0.2, -0.15) is 0 Å². The van der Waals surface area contributed by atoms with Crippen LogP contribution in [0.1, 0.15) is 11.1 Å². The summed E-state index contributed by atoms with van der Waals surface area (Å²) < 4.78 is 22.7. The molecule has 0 saturated carbocycles. The molecule has 0 amide bonds. The van der Waals surface area contributed by atoms with E-state index in [9.17, 15) is 4.21 Å². The van der Waals surface area contributed by atoms with Gasteiger partial charge in [-0.25, -0.2) is 0 Å². The number of methoxy groups -OCH3 is 2. The Morgan fingerprint density at radius 1 is 1.00 bits per heavy atom. The van der Waals surface area contributed by atoms with Gasteiger partial charge in [0.2, 0.25) is 0 Å². The zero-order valence-corrected chi connectivity index (χ0v) is 16.8. The SMILES string of the molecule is CN=C(NCCS(=O)Cc1ccccc1)NCc1ccc(OC)c(OC)c1. The molecule has 2 N–H and O–H groups in total. The van der Waals surface area contributed by atoms with E-state index in [1.165, 1.54) is 0 Å². The van der Waals surface area contributed by atoms with E-state index in [-0.39, 0.29) is 0 Å². The molecule has 0 heterocycles. The zero-order valence-electron chi connectivity index (χ0n) is 16.0. The van der Waals surface area contributed by atoms with Crippen molar-refractivity contribution in [3.63, 3.8) is 0 Å². The van der Waals surface area contributed by atoms with Crippen LogP contribution >= 0.6 is 0 Å². The molecule has 146 valence electrons. The predicted octanol–water partition coefficient (Wildman–Crippen LogP) is 2.32. The highest BCUT2D eigenvalue weighted by atomic mass is 32.2. The smallest absolute Gasteiger partial charge is 0.191 e. The molecule has 7 heteroatoms. The predicted molar refractivity (Wildman–Crippen MR) is 111 cm³/mol. The van der Waals surface area contributed by atoms with Crippen molar-refractivity contribution in [1.82, 2.24) is 10.6 Å². The molecular weight excluding hydrogens is 362 g/mol. The minimum Gasteiger partial charge on any atom is -0.493 e. The lowest BCUT2D eigenvalue weighted by Gasteiger charge is -2.13. The maximum absolute atomic E-state index is 12.2. The first-order valence-corrected chi connectivity index (χ1v) is 10.2. The van der Waals surface area contributed by atoms with E-state index in [1.807, 2.05) is 48.5 Å². The van der Waals surface area contributed by atoms with Gasteiger partial charge in [-0.05, 0) is 23.3 Å². The molecule has 0 spiro atoms. The normalized spacial score (nSPS) is 12.3. The van der Waals surface area contributed by atoms with Crippen LogP contribution in [0.3, 0.4) is 0 Å². The Balaban J connectivity index is 1.76. The summed E-state index contributed by atoms with van der Waals surface area (Å²) >= 11 is 0. The number of ether oxygens (including phenoxy) is 2. The average Bonchev–Trinajstić information content (AvgIpc) is 2.71. The van der Waals surface area contributed by atoms with E-state index in [0.29, 0.717) is 42.1 Å². The number of hydrogen-bond acceptors (Lipinski definition) is 4. The quantitative estimate of drug-likeness (QED) is 0.509. The van der Waals surface area contributed by atoms with Crippen LogP contribution in [0.25, 0.3) is 0 Å². The van der Waals surface area contributed by atoms with Crippen LogP contribution in [0.15, 0.2) is 53.5 Å². The van der Waals surface area contributed by atoms with Crippen molar-refractivity contribution < 1.29 is 13.7 Å². The summed E-state index contributed by atoms with van der Waals surface area (Å²) in [7, 11) is 4.03. The molecule has 6 nitrogen and oxygen atoms in total. The van der Waals surface area contributed by atoms with E-state index >= 15 is 0 Å². The zero-order chi connectivity index (χ0) is 19.5. The van der Waals surface area contributed by atoms with Gasteiger partial charge in [0, 0.05) is 42.4 Å². The number of hydrogen-bond donors (Lipinski definition) is 2. The molecule has 0 aliphatic rings. The minimum atomic E-state index is -0.913. The molecule has 2 aromatic rings. The van der Waals surface area contributed by atoms with Crippen molar-refractivity contribution in [1.29, 1.82) is 0 Å². The van der Waals surface area contributed by atoms with Crippen molar-refractivity contribution in [3.05, 3.63) is 59.7 Å². The highest BCUT2D eigenvalue weighted by Gasteiger charge is 2.06. The molecule has 0 aliphatic heterocycles. The maximum Gasteiger partial charge on any atom is 0.191 e. The lowest BCUT2D eigenvalue weighted by Crippen LogP contribution is -2.38. The van der Waals surface area contributed by atoms with Crippen LogP contribution in [0, 0.1) is 0 Å². The van der Waals surface area contributed by atoms with Gasteiger partial charge in [0.05, 0.1) is 14.2 Å². The monoisotopic (exact) mass is 389 g/mol. The van der Waals surface area contributed by atoms with E-state index in [2.05, 4.69) is 15.6 Å². The van der Waals surface area contributed by atoms with Crippen molar-refractivity contribution in [2.45, 2.75) is 12.3 Å². The Bertz CT molecular complexity index is 766. The van der Waals surface area contributed by atoms with Gasteiger partial charge < -0.3 is 20.1 Å². The Labute approximate surface area is 163 Å². The molecule has 2 aromatic carbocycles. The van der Waals surface area contributed by atoms with Crippen LogP contribution in [0.2, 0.25) is 0 Å². The highest BCUT2D eigenvalue weighted by Crippen LogP contribution is 2.27. The minimum absolute atomic E-state index is 0.561. The van der Waals surface area contributed by atoms with E-state index in [4.69, 9.17) is 9.47 Å². The first-order chi connectivity index (χ1) is 13.2. The van der Waals surface area contributed by atoms with Gasteiger partial charge in [0.25, 0.3) is 0 Å². The van der Waals surface area contributed by atoms with Crippen molar-refractivity contribution >= 4 is 16.8 Å².